The molecule has 1 amide bonds. The number of benzene rings is 2. The number of alkyl carbamates (subject to hydrolysis) is 1. The van der Waals surface area contributed by atoms with E-state index in [2.05, 4.69) is 5.32 Å². The number of esters is 1. The van der Waals surface area contributed by atoms with E-state index >= 15 is 0 Å². The molecule has 1 atom stereocenters. The molecule has 35 heavy (non-hydrogen) atoms. The molecule has 0 fully saturated rings. The standard InChI is InChI=1S/C26H26ClNO6S/c1-35-12-11-21(28-26(31)32-15-16-7-3-2-4-8-16)25(30)34-23-14-22-19(13-20(23)27)17-9-5-6-10-18(17)24(29)33-22/h2-4,7-8,13-14,21H,5-6,9-12,15H2,1H3,(H,28,31). The number of thioether (sulfide) groups is 1. The summed E-state index contributed by atoms with van der Waals surface area (Å²) in [5, 5.41) is 3.56. The van der Waals surface area contributed by atoms with Crippen molar-refractivity contribution in [3.63, 3.8) is 0 Å². The Hall–Kier alpha value is -2.97. The number of aryl methyl sites for hydroxylation is 1. The molecular formula is C26H26ClNO6S. The molecule has 9 heteroatoms. The summed E-state index contributed by atoms with van der Waals surface area (Å²) in [6.45, 7) is 0.0802. The zero-order valence-electron chi connectivity index (χ0n) is 19.3. The highest BCUT2D eigenvalue weighted by atomic mass is 35.5. The van der Waals surface area contributed by atoms with Gasteiger partial charge in [-0.15, -0.1) is 0 Å². The molecule has 1 N–H and O–H groups in total. The predicted octanol–water partition coefficient (Wildman–Crippen LogP) is 5.28. The second-order valence-electron chi connectivity index (χ2n) is 8.29. The van der Waals surface area contributed by atoms with Crippen molar-refractivity contribution >= 4 is 46.4 Å². The van der Waals surface area contributed by atoms with Crippen LogP contribution in [0.4, 0.5) is 4.79 Å². The van der Waals surface area contributed by atoms with Crippen molar-refractivity contribution in [2.75, 3.05) is 12.0 Å². The first-order valence-corrected chi connectivity index (χ1v) is 13.2. The van der Waals surface area contributed by atoms with E-state index in [1.807, 2.05) is 36.6 Å². The molecule has 184 valence electrons. The van der Waals surface area contributed by atoms with Crippen LogP contribution in [0.1, 0.15) is 36.0 Å². The van der Waals surface area contributed by atoms with E-state index in [1.54, 1.807) is 6.07 Å². The third kappa shape index (κ3) is 6.18. The third-order valence-electron chi connectivity index (χ3n) is 5.89. The van der Waals surface area contributed by atoms with Gasteiger partial charge in [0.15, 0.2) is 5.75 Å². The van der Waals surface area contributed by atoms with Gasteiger partial charge in [0, 0.05) is 17.0 Å². The summed E-state index contributed by atoms with van der Waals surface area (Å²) >= 11 is 7.98. The molecule has 4 rings (SSSR count). The van der Waals surface area contributed by atoms with Crippen molar-refractivity contribution in [1.29, 1.82) is 0 Å². The van der Waals surface area contributed by atoms with Crippen LogP contribution >= 0.6 is 23.4 Å². The minimum Gasteiger partial charge on any atom is -0.445 e. The van der Waals surface area contributed by atoms with E-state index in [0.717, 1.165) is 35.8 Å². The predicted molar refractivity (Wildman–Crippen MR) is 136 cm³/mol. The lowest BCUT2D eigenvalue weighted by Gasteiger charge is -2.19. The number of carbonyl (C=O) groups is 2. The second-order valence-corrected chi connectivity index (χ2v) is 9.69. The average Bonchev–Trinajstić information content (AvgIpc) is 2.87. The van der Waals surface area contributed by atoms with Crippen LogP contribution in [0.3, 0.4) is 0 Å². The summed E-state index contributed by atoms with van der Waals surface area (Å²) in [4.78, 5) is 37.7. The normalized spacial score (nSPS) is 13.7. The van der Waals surface area contributed by atoms with Gasteiger partial charge in [0.25, 0.3) is 0 Å². The largest absolute Gasteiger partial charge is 0.445 e. The van der Waals surface area contributed by atoms with Crippen LogP contribution in [0.2, 0.25) is 5.02 Å². The number of hydrogen-bond donors (Lipinski definition) is 1. The maximum Gasteiger partial charge on any atom is 0.408 e. The Kier molecular flexibility index (Phi) is 8.36. The fourth-order valence-electron chi connectivity index (χ4n) is 4.09. The van der Waals surface area contributed by atoms with Crippen LogP contribution in [0.5, 0.6) is 5.75 Å². The zero-order chi connectivity index (χ0) is 24.8. The minimum absolute atomic E-state index is 0.0664. The molecule has 0 saturated heterocycles. The minimum atomic E-state index is -0.937. The maximum atomic E-state index is 13.0. The summed E-state index contributed by atoms with van der Waals surface area (Å²) in [5.74, 6) is -0.000448. The van der Waals surface area contributed by atoms with Crippen molar-refractivity contribution < 1.29 is 23.5 Å². The molecule has 0 radical (unpaired) electrons. The van der Waals surface area contributed by atoms with Crippen molar-refractivity contribution in [1.82, 2.24) is 5.32 Å². The SMILES string of the molecule is CSCCC(NC(=O)OCc1ccccc1)C(=O)Oc1cc2oc(=O)c3c(c2cc1Cl)CCCC3. The van der Waals surface area contributed by atoms with E-state index < -0.39 is 18.1 Å². The van der Waals surface area contributed by atoms with Crippen LogP contribution in [0.25, 0.3) is 11.0 Å². The van der Waals surface area contributed by atoms with Crippen molar-refractivity contribution in [2.45, 2.75) is 44.8 Å². The van der Waals surface area contributed by atoms with Gasteiger partial charge in [-0.1, -0.05) is 41.9 Å². The molecule has 0 bridgehead atoms. The number of hydrogen-bond acceptors (Lipinski definition) is 7. The maximum absolute atomic E-state index is 13.0. The number of nitrogens with one attached hydrogen (secondary N) is 1. The lowest BCUT2D eigenvalue weighted by atomic mass is 9.91. The van der Waals surface area contributed by atoms with Gasteiger partial charge in [0.2, 0.25) is 0 Å². The highest BCUT2D eigenvalue weighted by molar-refractivity contribution is 7.98. The lowest BCUT2D eigenvalue weighted by molar-refractivity contribution is -0.136. The number of halogens is 1. The van der Waals surface area contributed by atoms with E-state index in [-0.39, 0.29) is 23.0 Å². The van der Waals surface area contributed by atoms with Gasteiger partial charge >= 0.3 is 17.7 Å². The van der Waals surface area contributed by atoms with E-state index in [0.29, 0.717) is 29.7 Å². The molecule has 1 aliphatic rings. The van der Waals surface area contributed by atoms with Crippen molar-refractivity contribution in [3.05, 3.63) is 74.6 Å². The Balaban J connectivity index is 1.49. The number of fused-ring (bicyclic) bond motifs is 3. The Morgan fingerprint density at radius 2 is 1.89 bits per heavy atom. The van der Waals surface area contributed by atoms with Gasteiger partial charge in [0.05, 0.1) is 5.02 Å². The first kappa shape index (κ1) is 25.1. The Bertz CT molecular complexity index is 1280. The number of ether oxygens (including phenoxy) is 2. The number of amides is 1. The van der Waals surface area contributed by atoms with Crippen LogP contribution in [-0.4, -0.2) is 30.1 Å². The first-order chi connectivity index (χ1) is 17.0. The topological polar surface area (TPSA) is 94.8 Å². The molecule has 2 aromatic carbocycles. The van der Waals surface area contributed by atoms with E-state index in [4.69, 9.17) is 25.5 Å². The average molecular weight is 516 g/mol. The summed E-state index contributed by atoms with van der Waals surface area (Å²) in [6.07, 6.45) is 4.92. The molecule has 0 saturated carbocycles. The first-order valence-electron chi connectivity index (χ1n) is 11.4. The fourth-order valence-corrected chi connectivity index (χ4v) is 4.77. The van der Waals surface area contributed by atoms with Crippen LogP contribution < -0.4 is 15.7 Å². The number of rotatable bonds is 8. The second kappa shape index (κ2) is 11.6. The van der Waals surface area contributed by atoms with Gasteiger partial charge < -0.3 is 19.2 Å². The van der Waals surface area contributed by atoms with Crippen LogP contribution in [-0.2, 0) is 29.0 Å². The molecule has 1 aliphatic carbocycles. The monoisotopic (exact) mass is 515 g/mol. The summed E-state index contributed by atoms with van der Waals surface area (Å²) in [6, 6.07) is 11.4. The van der Waals surface area contributed by atoms with Gasteiger partial charge in [0.1, 0.15) is 18.2 Å². The summed E-state index contributed by atoms with van der Waals surface area (Å²) in [7, 11) is 0. The van der Waals surface area contributed by atoms with Crippen LogP contribution in [0, 0.1) is 0 Å². The molecular weight excluding hydrogens is 490 g/mol. The third-order valence-corrected chi connectivity index (χ3v) is 6.83. The Morgan fingerprint density at radius 3 is 2.63 bits per heavy atom. The van der Waals surface area contributed by atoms with Gasteiger partial charge in [-0.05, 0) is 61.3 Å². The highest BCUT2D eigenvalue weighted by Gasteiger charge is 2.25. The molecule has 1 aromatic heterocycles. The molecule has 7 nitrogen and oxygen atoms in total. The summed E-state index contributed by atoms with van der Waals surface area (Å²) in [5.41, 5.74) is 2.42. The quantitative estimate of drug-likeness (QED) is 0.248. The Morgan fingerprint density at radius 1 is 1.14 bits per heavy atom. The molecule has 1 heterocycles. The zero-order valence-corrected chi connectivity index (χ0v) is 20.9. The van der Waals surface area contributed by atoms with E-state index in [9.17, 15) is 14.4 Å². The molecule has 3 aromatic rings. The van der Waals surface area contributed by atoms with Gasteiger partial charge in [-0.3, -0.25) is 0 Å². The van der Waals surface area contributed by atoms with Gasteiger partial charge in [-0.25, -0.2) is 14.4 Å². The fraction of sp³-hybridized carbons (Fsp3) is 0.346. The van der Waals surface area contributed by atoms with E-state index in [1.165, 1.54) is 17.8 Å². The van der Waals surface area contributed by atoms with Gasteiger partial charge in [-0.2, -0.15) is 11.8 Å². The molecule has 0 aliphatic heterocycles. The molecule has 1 unspecified atom stereocenters. The van der Waals surface area contributed by atoms with Crippen LogP contribution in [0.15, 0.2) is 51.7 Å². The highest BCUT2D eigenvalue weighted by Crippen LogP contribution is 2.34. The summed E-state index contributed by atoms with van der Waals surface area (Å²) < 4.78 is 16.3. The molecule has 0 spiro atoms. The Labute approximate surface area is 212 Å². The number of carbonyl (C=O) groups excluding carboxylic acids is 2. The van der Waals surface area contributed by atoms with Crippen molar-refractivity contribution in [2.24, 2.45) is 0 Å². The lowest BCUT2D eigenvalue weighted by Crippen LogP contribution is -2.43. The van der Waals surface area contributed by atoms with Crippen molar-refractivity contribution in [3.8, 4) is 5.75 Å². The smallest absolute Gasteiger partial charge is 0.408 e.